The Balaban J connectivity index is 1.65. The van der Waals surface area contributed by atoms with Crippen molar-refractivity contribution in [3.05, 3.63) is 83.4 Å². The molecule has 174 valence electrons. The van der Waals surface area contributed by atoms with Crippen LogP contribution in [0.25, 0.3) is 0 Å². The number of methoxy groups -OCH3 is 1. The average molecular weight is 472 g/mol. The Bertz CT molecular complexity index is 1220. The molecule has 1 aliphatic rings. The maximum absolute atomic E-state index is 14.3. The van der Waals surface area contributed by atoms with Crippen LogP contribution < -0.4 is 0 Å². The van der Waals surface area contributed by atoms with Crippen LogP contribution in [-0.4, -0.2) is 48.5 Å². The Kier molecular flexibility index (Phi) is 6.90. The quantitative estimate of drug-likeness (QED) is 0.452. The first kappa shape index (κ1) is 23.1. The monoisotopic (exact) mass is 471 g/mol. The lowest BCUT2D eigenvalue weighted by Gasteiger charge is -2.23. The molecule has 0 bridgehead atoms. The molecule has 1 aliphatic carbocycles. The predicted octanol–water partition coefficient (Wildman–Crippen LogP) is 3.45. The molecule has 1 aromatic heterocycles. The van der Waals surface area contributed by atoms with Crippen molar-refractivity contribution in [1.29, 1.82) is 0 Å². The molecule has 0 saturated heterocycles. The molecule has 0 spiro atoms. The van der Waals surface area contributed by atoms with E-state index in [1.54, 1.807) is 39.8 Å². The van der Waals surface area contributed by atoms with Gasteiger partial charge in [-0.2, -0.15) is 0 Å². The highest BCUT2D eigenvalue weighted by molar-refractivity contribution is 7.90. The van der Waals surface area contributed by atoms with E-state index in [4.69, 9.17) is 4.74 Å². The summed E-state index contributed by atoms with van der Waals surface area (Å²) >= 11 is 0. The third-order valence-corrected chi connectivity index (χ3v) is 7.18. The molecule has 0 atom stereocenters. The van der Waals surface area contributed by atoms with Crippen LogP contribution in [0.3, 0.4) is 0 Å². The molecular formula is C24H26FN3O4S. The zero-order valence-electron chi connectivity index (χ0n) is 18.4. The van der Waals surface area contributed by atoms with Gasteiger partial charge in [0.2, 0.25) is 15.0 Å². The van der Waals surface area contributed by atoms with E-state index in [0.717, 1.165) is 12.8 Å². The van der Waals surface area contributed by atoms with Gasteiger partial charge in [0.15, 0.2) is 0 Å². The second kappa shape index (κ2) is 9.84. The fourth-order valence-electron chi connectivity index (χ4n) is 3.76. The van der Waals surface area contributed by atoms with Gasteiger partial charge in [-0.1, -0.05) is 42.5 Å². The predicted molar refractivity (Wildman–Crippen MR) is 121 cm³/mol. The smallest absolute Gasteiger partial charge is 0.257 e. The molecule has 0 N–H and O–H groups in total. The Morgan fingerprint density at radius 1 is 1.15 bits per heavy atom. The lowest BCUT2D eigenvalue weighted by Crippen LogP contribution is -2.34. The van der Waals surface area contributed by atoms with Crippen LogP contribution in [0.15, 0.2) is 66.0 Å². The van der Waals surface area contributed by atoms with Crippen molar-refractivity contribution in [1.82, 2.24) is 14.5 Å². The van der Waals surface area contributed by atoms with Gasteiger partial charge in [0.05, 0.1) is 36.4 Å². The van der Waals surface area contributed by atoms with Crippen LogP contribution >= 0.6 is 0 Å². The van der Waals surface area contributed by atoms with Gasteiger partial charge >= 0.3 is 0 Å². The molecule has 3 aromatic rings. The fraction of sp³-hybridized carbons (Fsp3) is 0.333. The van der Waals surface area contributed by atoms with Crippen molar-refractivity contribution in [2.24, 2.45) is 0 Å². The Morgan fingerprint density at radius 2 is 1.85 bits per heavy atom. The number of halogens is 1. The highest BCUT2D eigenvalue weighted by atomic mass is 32.2. The van der Waals surface area contributed by atoms with E-state index in [1.165, 1.54) is 31.5 Å². The van der Waals surface area contributed by atoms with Gasteiger partial charge in [-0.25, -0.2) is 17.8 Å². The summed E-state index contributed by atoms with van der Waals surface area (Å²) in [5, 5.41) is -0.0625. The maximum Gasteiger partial charge on any atom is 0.257 e. The van der Waals surface area contributed by atoms with Crippen LogP contribution in [-0.2, 0) is 33.4 Å². The first-order valence-electron chi connectivity index (χ1n) is 10.8. The summed E-state index contributed by atoms with van der Waals surface area (Å²) in [4.78, 5) is 19.0. The van der Waals surface area contributed by atoms with Crippen LogP contribution in [0, 0.1) is 5.82 Å². The van der Waals surface area contributed by atoms with E-state index in [0.29, 0.717) is 11.3 Å². The van der Waals surface area contributed by atoms with Gasteiger partial charge in [0.25, 0.3) is 5.91 Å². The van der Waals surface area contributed by atoms with Gasteiger partial charge in [-0.3, -0.25) is 4.79 Å². The van der Waals surface area contributed by atoms with Gasteiger partial charge < -0.3 is 14.2 Å². The molecule has 9 heteroatoms. The highest BCUT2D eigenvalue weighted by Gasteiger charge is 2.35. The van der Waals surface area contributed by atoms with Crippen molar-refractivity contribution in [2.75, 3.05) is 13.7 Å². The van der Waals surface area contributed by atoms with E-state index in [9.17, 15) is 17.6 Å². The van der Waals surface area contributed by atoms with Crippen molar-refractivity contribution < 1.29 is 22.3 Å². The lowest BCUT2D eigenvalue weighted by molar-refractivity contribution is 0.0719. The number of imidazole rings is 1. The Labute approximate surface area is 192 Å². The molecule has 0 radical (unpaired) electrons. The minimum atomic E-state index is -3.74. The number of ether oxygens (including phenoxy) is 1. The number of hydrogen-bond acceptors (Lipinski definition) is 5. The molecule has 1 amide bonds. The number of benzene rings is 2. The summed E-state index contributed by atoms with van der Waals surface area (Å²) in [6, 6.07) is 14.8. The molecule has 0 unspecified atom stereocenters. The van der Waals surface area contributed by atoms with Gasteiger partial charge in [0.1, 0.15) is 5.82 Å². The minimum Gasteiger partial charge on any atom is -0.383 e. The van der Waals surface area contributed by atoms with Crippen molar-refractivity contribution in [2.45, 2.75) is 42.9 Å². The number of aromatic nitrogens is 2. The maximum atomic E-state index is 14.3. The first-order chi connectivity index (χ1) is 15.9. The number of carbonyl (C=O) groups is 1. The first-order valence-corrected chi connectivity index (χ1v) is 12.4. The third-order valence-electron chi connectivity index (χ3n) is 5.58. The molecule has 1 fully saturated rings. The van der Waals surface area contributed by atoms with Crippen LogP contribution in [0.2, 0.25) is 0 Å². The summed E-state index contributed by atoms with van der Waals surface area (Å²) in [5.41, 5.74) is 1.23. The van der Waals surface area contributed by atoms with Gasteiger partial charge in [-0.05, 0) is 30.5 Å². The summed E-state index contributed by atoms with van der Waals surface area (Å²) in [6.07, 6.45) is 3.13. The largest absolute Gasteiger partial charge is 0.383 e. The second-order valence-electron chi connectivity index (χ2n) is 8.07. The Morgan fingerprint density at radius 3 is 2.52 bits per heavy atom. The topological polar surface area (TPSA) is 81.5 Å². The number of nitrogens with zero attached hydrogens (tertiary/aromatic N) is 3. The van der Waals surface area contributed by atoms with Crippen LogP contribution in [0.1, 0.15) is 34.5 Å². The number of carbonyl (C=O) groups excluding carboxylic acids is 1. The summed E-state index contributed by atoms with van der Waals surface area (Å²) < 4.78 is 47.4. The number of sulfone groups is 1. The number of amides is 1. The SMILES string of the molecule is COCCn1c(CN(C(=O)c2ccccc2F)C2CC2)cnc1S(=O)(=O)Cc1ccccc1. The Hall–Kier alpha value is -3.04. The van der Waals surface area contributed by atoms with E-state index in [1.807, 2.05) is 6.07 Å². The second-order valence-corrected chi connectivity index (χ2v) is 9.95. The van der Waals surface area contributed by atoms with Gasteiger partial charge in [-0.15, -0.1) is 0 Å². The van der Waals surface area contributed by atoms with Crippen LogP contribution in [0.5, 0.6) is 0 Å². The fourth-order valence-corrected chi connectivity index (χ4v) is 5.28. The molecule has 33 heavy (non-hydrogen) atoms. The molecular weight excluding hydrogens is 445 g/mol. The normalized spacial score (nSPS) is 13.8. The summed E-state index contributed by atoms with van der Waals surface area (Å²) in [7, 11) is -2.21. The highest BCUT2D eigenvalue weighted by Crippen LogP contribution is 2.31. The van der Waals surface area contributed by atoms with E-state index in [-0.39, 0.29) is 42.2 Å². The number of hydrogen-bond donors (Lipinski definition) is 0. The van der Waals surface area contributed by atoms with Crippen molar-refractivity contribution in [3.63, 3.8) is 0 Å². The molecule has 2 aromatic carbocycles. The summed E-state index contributed by atoms with van der Waals surface area (Å²) in [5.74, 6) is -1.17. The van der Waals surface area contributed by atoms with Crippen molar-refractivity contribution in [3.8, 4) is 0 Å². The molecule has 4 rings (SSSR count). The van der Waals surface area contributed by atoms with E-state index in [2.05, 4.69) is 4.98 Å². The average Bonchev–Trinajstić information content (AvgIpc) is 3.56. The minimum absolute atomic E-state index is 0.00396. The molecule has 1 saturated carbocycles. The van der Waals surface area contributed by atoms with Crippen LogP contribution in [0.4, 0.5) is 4.39 Å². The molecule has 7 nitrogen and oxygen atoms in total. The van der Waals surface area contributed by atoms with Gasteiger partial charge in [0, 0.05) is 19.7 Å². The number of rotatable bonds is 10. The molecule has 0 aliphatic heterocycles. The summed E-state index contributed by atoms with van der Waals surface area (Å²) in [6.45, 7) is 0.679. The van der Waals surface area contributed by atoms with Crippen molar-refractivity contribution >= 4 is 15.7 Å². The van der Waals surface area contributed by atoms with E-state index < -0.39 is 21.6 Å². The molecule has 1 heterocycles. The zero-order chi connectivity index (χ0) is 23.4. The standard InChI is InChI=1S/C24H26FN3O4S/c1-32-14-13-27-20(15-26-24(27)33(30,31)17-18-7-3-2-4-8-18)16-28(19-11-12-19)23(29)21-9-5-6-10-22(21)25/h2-10,15,19H,11-14,16-17H2,1H3. The third kappa shape index (κ3) is 5.31. The zero-order valence-corrected chi connectivity index (χ0v) is 19.2. The lowest BCUT2D eigenvalue weighted by atomic mass is 10.1. The van der Waals surface area contributed by atoms with E-state index >= 15 is 0 Å².